The maximum atomic E-state index is 12.7. The third-order valence-corrected chi connectivity index (χ3v) is 5.02. The monoisotopic (exact) mass is 411 g/mol. The second-order valence-electron chi connectivity index (χ2n) is 5.90. The molecule has 0 bridgehead atoms. The molecular formula is C21H21N3O4S. The molecule has 0 atom stereocenters. The van der Waals surface area contributed by atoms with Crippen molar-refractivity contribution in [2.45, 2.75) is 10.8 Å². The van der Waals surface area contributed by atoms with E-state index in [2.05, 4.69) is 15.3 Å². The molecule has 0 fully saturated rings. The van der Waals surface area contributed by atoms with Gasteiger partial charge in [-0.2, -0.15) is 0 Å². The predicted molar refractivity (Wildman–Crippen MR) is 112 cm³/mol. The van der Waals surface area contributed by atoms with Crippen LogP contribution in [0.1, 0.15) is 15.9 Å². The van der Waals surface area contributed by atoms with Gasteiger partial charge in [-0.3, -0.25) is 9.78 Å². The molecule has 0 unspecified atom stereocenters. The van der Waals surface area contributed by atoms with Gasteiger partial charge < -0.3 is 19.5 Å². The van der Waals surface area contributed by atoms with Gasteiger partial charge in [-0.25, -0.2) is 4.98 Å². The van der Waals surface area contributed by atoms with Gasteiger partial charge >= 0.3 is 0 Å². The number of nitrogens with one attached hydrogen (secondary N) is 1. The van der Waals surface area contributed by atoms with E-state index < -0.39 is 0 Å². The third kappa shape index (κ3) is 5.17. The molecule has 0 saturated carbocycles. The van der Waals surface area contributed by atoms with Crippen LogP contribution in [0.3, 0.4) is 0 Å². The van der Waals surface area contributed by atoms with Crippen molar-refractivity contribution in [2.75, 3.05) is 26.6 Å². The van der Waals surface area contributed by atoms with Gasteiger partial charge in [0.25, 0.3) is 5.91 Å². The highest BCUT2D eigenvalue weighted by molar-refractivity contribution is 7.98. The van der Waals surface area contributed by atoms with Crippen molar-refractivity contribution in [3.05, 3.63) is 66.1 Å². The molecule has 1 N–H and O–H groups in total. The molecule has 0 saturated heterocycles. The summed E-state index contributed by atoms with van der Waals surface area (Å²) in [6, 6.07) is 10.8. The molecule has 2 aromatic carbocycles. The fourth-order valence-electron chi connectivity index (χ4n) is 2.68. The van der Waals surface area contributed by atoms with E-state index in [0.717, 1.165) is 10.6 Å². The summed E-state index contributed by atoms with van der Waals surface area (Å²) in [5.41, 5.74) is 2.11. The fourth-order valence-corrected chi connectivity index (χ4v) is 3.44. The van der Waals surface area contributed by atoms with Crippen LogP contribution in [-0.4, -0.2) is 37.2 Å². The summed E-state index contributed by atoms with van der Waals surface area (Å²) in [5, 5.41) is 3.71. The van der Waals surface area contributed by atoms with E-state index >= 15 is 0 Å². The number of ether oxygens (including phenoxy) is 3. The molecule has 1 heterocycles. The molecule has 3 aromatic rings. The van der Waals surface area contributed by atoms with Crippen LogP contribution in [-0.2, 0) is 5.75 Å². The second kappa shape index (κ2) is 9.79. The minimum absolute atomic E-state index is 0.231. The van der Waals surface area contributed by atoms with Crippen LogP contribution in [0.5, 0.6) is 17.2 Å². The number of methoxy groups -OCH3 is 3. The summed E-state index contributed by atoms with van der Waals surface area (Å²) < 4.78 is 16.0. The van der Waals surface area contributed by atoms with Gasteiger partial charge in [0.05, 0.1) is 27.5 Å². The molecule has 3 rings (SSSR count). The molecule has 1 aromatic heterocycles. The minimum atomic E-state index is -0.231. The molecule has 0 spiro atoms. The number of hydrogen-bond acceptors (Lipinski definition) is 7. The van der Waals surface area contributed by atoms with Crippen molar-refractivity contribution >= 4 is 23.4 Å². The van der Waals surface area contributed by atoms with E-state index in [1.807, 2.05) is 18.2 Å². The molecule has 7 nitrogen and oxygen atoms in total. The van der Waals surface area contributed by atoms with Crippen molar-refractivity contribution in [1.29, 1.82) is 0 Å². The predicted octanol–water partition coefficient (Wildman–Crippen LogP) is 4.05. The van der Waals surface area contributed by atoms with Gasteiger partial charge in [-0.05, 0) is 17.7 Å². The Hall–Kier alpha value is -3.26. The number of rotatable bonds is 8. The number of hydrogen-bond donors (Lipinski definition) is 1. The lowest BCUT2D eigenvalue weighted by atomic mass is 10.1. The number of nitrogens with zero attached hydrogens (tertiary/aromatic N) is 2. The van der Waals surface area contributed by atoms with Gasteiger partial charge in [0.15, 0.2) is 11.5 Å². The van der Waals surface area contributed by atoms with Crippen LogP contribution in [0.25, 0.3) is 0 Å². The fraction of sp³-hybridized carbons (Fsp3) is 0.190. The minimum Gasteiger partial charge on any atom is -0.493 e. The average Bonchev–Trinajstić information content (AvgIpc) is 2.77. The van der Waals surface area contributed by atoms with E-state index in [-0.39, 0.29) is 5.91 Å². The highest BCUT2D eigenvalue weighted by Gasteiger charge is 2.15. The topological polar surface area (TPSA) is 82.6 Å². The first-order valence-corrected chi connectivity index (χ1v) is 9.72. The Balaban J connectivity index is 1.74. The van der Waals surface area contributed by atoms with Crippen LogP contribution >= 0.6 is 11.8 Å². The Labute approximate surface area is 173 Å². The molecule has 29 heavy (non-hydrogen) atoms. The van der Waals surface area contributed by atoms with E-state index in [0.29, 0.717) is 34.3 Å². The van der Waals surface area contributed by atoms with E-state index in [1.54, 1.807) is 48.6 Å². The summed E-state index contributed by atoms with van der Waals surface area (Å²) in [6.07, 6.45) is 5.01. The lowest BCUT2D eigenvalue weighted by Crippen LogP contribution is -2.12. The Kier molecular flexibility index (Phi) is 6.91. The third-order valence-electron chi connectivity index (χ3n) is 4.04. The normalized spacial score (nSPS) is 10.3. The maximum absolute atomic E-state index is 12.7. The van der Waals surface area contributed by atoms with Gasteiger partial charge in [0.2, 0.25) is 5.75 Å². The molecule has 0 aliphatic carbocycles. The summed E-state index contributed by atoms with van der Waals surface area (Å²) in [6.45, 7) is 0. The quantitative estimate of drug-likeness (QED) is 0.560. The van der Waals surface area contributed by atoms with Gasteiger partial charge in [0.1, 0.15) is 5.03 Å². The molecule has 1 amide bonds. The largest absolute Gasteiger partial charge is 0.493 e. The first-order valence-electron chi connectivity index (χ1n) is 8.73. The van der Waals surface area contributed by atoms with Crippen molar-refractivity contribution < 1.29 is 19.0 Å². The Morgan fingerprint density at radius 1 is 1.03 bits per heavy atom. The van der Waals surface area contributed by atoms with Crippen molar-refractivity contribution in [3.8, 4) is 17.2 Å². The van der Waals surface area contributed by atoms with Crippen molar-refractivity contribution in [1.82, 2.24) is 9.97 Å². The van der Waals surface area contributed by atoms with Crippen LogP contribution in [0.4, 0.5) is 5.69 Å². The number of benzene rings is 2. The van der Waals surface area contributed by atoms with Crippen LogP contribution in [0.2, 0.25) is 0 Å². The Bertz CT molecular complexity index is 958. The first kappa shape index (κ1) is 20.5. The van der Waals surface area contributed by atoms with Crippen LogP contribution < -0.4 is 19.5 Å². The smallest absolute Gasteiger partial charge is 0.255 e. The molecular weight excluding hydrogens is 390 g/mol. The van der Waals surface area contributed by atoms with Gasteiger partial charge in [-0.1, -0.05) is 12.1 Å². The highest BCUT2D eigenvalue weighted by atomic mass is 32.2. The van der Waals surface area contributed by atoms with Crippen LogP contribution in [0, 0.1) is 0 Å². The van der Waals surface area contributed by atoms with Crippen molar-refractivity contribution in [2.24, 2.45) is 0 Å². The zero-order chi connectivity index (χ0) is 20.6. The van der Waals surface area contributed by atoms with E-state index in [1.165, 1.54) is 21.3 Å². The Morgan fingerprint density at radius 2 is 1.79 bits per heavy atom. The molecule has 8 heteroatoms. The standard InChI is InChI=1S/C21H21N3O4S/c1-26-17-10-16(11-18(27-2)20(17)28-3)24-21(25)15-6-4-5-14(9-15)13-29-19-12-22-7-8-23-19/h4-12H,13H2,1-3H3,(H,24,25). The summed E-state index contributed by atoms with van der Waals surface area (Å²) in [7, 11) is 4.59. The zero-order valence-corrected chi connectivity index (χ0v) is 17.2. The second-order valence-corrected chi connectivity index (χ2v) is 6.90. The number of carbonyl (C=O) groups is 1. The lowest BCUT2D eigenvalue weighted by Gasteiger charge is -2.14. The Morgan fingerprint density at radius 3 is 2.41 bits per heavy atom. The number of anilines is 1. The lowest BCUT2D eigenvalue weighted by molar-refractivity contribution is 0.102. The van der Waals surface area contributed by atoms with Crippen LogP contribution in [0.15, 0.2) is 60.0 Å². The zero-order valence-electron chi connectivity index (χ0n) is 16.3. The number of amides is 1. The van der Waals surface area contributed by atoms with Crippen molar-refractivity contribution in [3.63, 3.8) is 0 Å². The molecule has 0 aliphatic rings. The molecule has 0 aliphatic heterocycles. The van der Waals surface area contributed by atoms with E-state index in [4.69, 9.17) is 14.2 Å². The van der Waals surface area contributed by atoms with Gasteiger partial charge in [0, 0.05) is 41.5 Å². The summed E-state index contributed by atoms with van der Waals surface area (Å²) in [4.78, 5) is 21.0. The first-order chi connectivity index (χ1) is 14.1. The molecule has 0 radical (unpaired) electrons. The number of thioether (sulfide) groups is 1. The van der Waals surface area contributed by atoms with Gasteiger partial charge in [-0.15, -0.1) is 11.8 Å². The SMILES string of the molecule is COc1cc(NC(=O)c2cccc(CSc3cnccn3)c2)cc(OC)c1OC. The summed E-state index contributed by atoms with van der Waals surface area (Å²) in [5.74, 6) is 1.86. The molecule has 150 valence electrons. The number of carbonyl (C=O) groups excluding carboxylic acids is 1. The number of aromatic nitrogens is 2. The summed E-state index contributed by atoms with van der Waals surface area (Å²) >= 11 is 1.56. The maximum Gasteiger partial charge on any atom is 0.255 e. The highest BCUT2D eigenvalue weighted by Crippen LogP contribution is 2.40. The van der Waals surface area contributed by atoms with E-state index in [9.17, 15) is 4.79 Å². The average molecular weight is 411 g/mol.